The Hall–Kier alpha value is -0.880. The fourth-order valence-electron chi connectivity index (χ4n) is 4.13. The van der Waals surface area contributed by atoms with Crippen LogP contribution in [0.2, 0.25) is 0 Å². The Kier molecular flexibility index (Phi) is 7.31. The first-order valence-corrected chi connectivity index (χ1v) is 9.11. The number of nitrogens with one attached hydrogen (secondary N) is 1. The third-order valence-corrected chi connectivity index (χ3v) is 5.87. The highest BCUT2D eigenvalue weighted by molar-refractivity contribution is 5.86. The Morgan fingerprint density at radius 3 is 2.69 bits per heavy atom. The highest BCUT2D eigenvalue weighted by atomic mass is 35.5. The van der Waals surface area contributed by atoms with E-state index in [4.69, 9.17) is 4.74 Å². The van der Waals surface area contributed by atoms with E-state index in [0.29, 0.717) is 12.5 Å². The summed E-state index contributed by atoms with van der Waals surface area (Å²) in [5.74, 6) is 1.61. The zero-order valence-corrected chi connectivity index (χ0v) is 16.9. The van der Waals surface area contributed by atoms with Crippen molar-refractivity contribution in [2.75, 3.05) is 26.8 Å². The van der Waals surface area contributed by atoms with Crippen LogP contribution in [0.4, 0.5) is 0 Å². The van der Waals surface area contributed by atoms with Gasteiger partial charge in [0.25, 0.3) is 0 Å². The predicted molar refractivity (Wildman–Crippen MR) is 106 cm³/mol. The minimum atomic E-state index is -0.236. The Balaban J connectivity index is 0.00000121. The van der Waals surface area contributed by atoms with Crippen LogP contribution in [0, 0.1) is 17.3 Å². The van der Waals surface area contributed by atoms with Gasteiger partial charge in [-0.15, -0.1) is 24.8 Å². The second-order valence-corrected chi connectivity index (χ2v) is 7.85. The third-order valence-electron chi connectivity index (χ3n) is 5.87. The van der Waals surface area contributed by atoms with Crippen molar-refractivity contribution in [1.29, 1.82) is 0 Å². The van der Waals surface area contributed by atoms with Crippen molar-refractivity contribution in [3.8, 4) is 0 Å². The van der Waals surface area contributed by atoms with Crippen molar-refractivity contribution >= 4 is 30.7 Å². The molecule has 5 nitrogen and oxygen atoms in total. The summed E-state index contributed by atoms with van der Waals surface area (Å²) >= 11 is 0. The van der Waals surface area contributed by atoms with E-state index in [-0.39, 0.29) is 42.2 Å². The van der Waals surface area contributed by atoms with Crippen molar-refractivity contribution in [1.82, 2.24) is 15.2 Å². The highest BCUT2D eigenvalue weighted by Gasteiger charge is 2.52. The zero-order valence-electron chi connectivity index (χ0n) is 15.2. The van der Waals surface area contributed by atoms with E-state index in [1.807, 2.05) is 18.5 Å². The number of likely N-dealkylation sites (tertiary alicyclic amines) is 1. The Labute approximate surface area is 168 Å². The molecular weight excluding hydrogens is 373 g/mol. The molecule has 3 aliphatic rings. The molecule has 146 valence electrons. The number of nitrogens with zero attached hydrogens (tertiary/aromatic N) is 2. The summed E-state index contributed by atoms with van der Waals surface area (Å²) in [5, 5.41) is 3.38. The van der Waals surface area contributed by atoms with E-state index >= 15 is 0 Å². The first-order chi connectivity index (χ1) is 11.7. The molecule has 7 heteroatoms. The van der Waals surface area contributed by atoms with E-state index in [9.17, 15) is 4.79 Å². The Morgan fingerprint density at radius 1 is 1.35 bits per heavy atom. The number of rotatable bonds is 7. The number of amides is 1. The molecule has 0 unspecified atom stereocenters. The van der Waals surface area contributed by atoms with E-state index in [1.165, 1.54) is 18.4 Å². The molecule has 2 saturated carbocycles. The molecule has 1 N–H and O–H groups in total. The summed E-state index contributed by atoms with van der Waals surface area (Å²) in [7, 11) is 1.69. The number of hydrogen-bond acceptors (Lipinski definition) is 4. The number of hydrogen-bond donors (Lipinski definition) is 1. The smallest absolute Gasteiger partial charge is 0.228 e. The lowest BCUT2D eigenvalue weighted by atomic mass is 9.97. The van der Waals surface area contributed by atoms with Crippen LogP contribution < -0.4 is 5.32 Å². The number of carbonyl (C=O) groups excluding carboxylic acids is 1. The van der Waals surface area contributed by atoms with E-state index < -0.39 is 0 Å². The number of halogens is 2. The zero-order chi connectivity index (χ0) is 16.6. The van der Waals surface area contributed by atoms with Gasteiger partial charge in [-0.25, -0.2) is 0 Å². The summed E-state index contributed by atoms with van der Waals surface area (Å²) < 4.78 is 5.26. The quantitative estimate of drug-likeness (QED) is 0.762. The second-order valence-electron chi connectivity index (χ2n) is 7.85. The molecule has 1 aromatic heterocycles. The van der Waals surface area contributed by atoms with Crippen LogP contribution >= 0.6 is 24.8 Å². The lowest BCUT2D eigenvalue weighted by Crippen LogP contribution is -2.45. The topological polar surface area (TPSA) is 54.5 Å². The van der Waals surface area contributed by atoms with Gasteiger partial charge in [-0.1, -0.05) is 6.07 Å². The summed E-state index contributed by atoms with van der Waals surface area (Å²) in [5.41, 5.74) is 1.01. The molecule has 2 aliphatic carbocycles. The number of pyridine rings is 1. The predicted octanol–water partition coefficient (Wildman–Crippen LogP) is 2.68. The number of methoxy groups -OCH3 is 1. The Morgan fingerprint density at radius 2 is 2.12 bits per heavy atom. The third kappa shape index (κ3) is 4.69. The van der Waals surface area contributed by atoms with Gasteiger partial charge < -0.3 is 10.1 Å². The maximum atomic E-state index is 12.7. The van der Waals surface area contributed by atoms with Crippen LogP contribution in [0.3, 0.4) is 0 Å². The average Bonchev–Trinajstić information content (AvgIpc) is 3.49. The molecule has 3 fully saturated rings. The fourth-order valence-corrected chi connectivity index (χ4v) is 4.13. The van der Waals surface area contributed by atoms with Crippen molar-refractivity contribution in [3.63, 3.8) is 0 Å². The van der Waals surface area contributed by atoms with Crippen LogP contribution in [-0.2, 0) is 16.1 Å². The van der Waals surface area contributed by atoms with Gasteiger partial charge in [0.05, 0.1) is 12.0 Å². The SMILES string of the molecule is COCC1(C(=O)N[C@H]2CN(Cc3cccnc3)C[C@@H]2C2CC2)CC1.Cl.Cl. The number of carbonyl (C=O) groups is 1. The molecule has 0 bridgehead atoms. The maximum Gasteiger partial charge on any atom is 0.228 e. The molecule has 1 aromatic rings. The monoisotopic (exact) mass is 401 g/mol. The van der Waals surface area contributed by atoms with E-state index in [2.05, 4.69) is 21.3 Å². The highest BCUT2D eigenvalue weighted by Crippen LogP contribution is 2.47. The van der Waals surface area contributed by atoms with Crippen molar-refractivity contribution in [2.45, 2.75) is 38.3 Å². The van der Waals surface area contributed by atoms with E-state index in [0.717, 1.165) is 38.4 Å². The second kappa shape index (κ2) is 8.87. The largest absolute Gasteiger partial charge is 0.384 e. The van der Waals surface area contributed by atoms with Crippen LogP contribution in [0.1, 0.15) is 31.2 Å². The van der Waals surface area contributed by atoms with Gasteiger partial charge in [0.2, 0.25) is 5.91 Å². The summed E-state index contributed by atoms with van der Waals surface area (Å²) in [4.78, 5) is 19.4. The van der Waals surface area contributed by atoms with Crippen LogP contribution in [-0.4, -0.2) is 48.6 Å². The summed E-state index contributed by atoms with van der Waals surface area (Å²) in [6, 6.07) is 4.41. The van der Waals surface area contributed by atoms with Crippen molar-refractivity contribution in [3.05, 3.63) is 30.1 Å². The molecule has 0 radical (unpaired) electrons. The lowest BCUT2D eigenvalue weighted by molar-refractivity contribution is -0.129. The molecule has 4 rings (SSSR count). The molecular formula is C19H29Cl2N3O2. The van der Waals surface area contributed by atoms with Gasteiger partial charge in [-0.05, 0) is 49.1 Å². The van der Waals surface area contributed by atoms with Crippen LogP contribution in [0.5, 0.6) is 0 Å². The molecule has 1 aliphatic heterocycles. The number of aromatic nitrogens is 1. The van der Waals surface area contributed by atoms with Crippen molar-refractivity contribution < 1.29 is 9.53 Å². The maximum absolute atomic E-state index is 12.7. The minimum absolute atomic E-state index is 0. The van der Waals surface area contributed by atoms with Gasteiger partial charge in [0.1, 0.15) is 0 Å². The van der Waals surface area contributed by atoms with Gasteiger partial charge in [-0.2, -0.15) is 0 Å². The molecule has 2 heterocycles. The van der Waals surface area contributed by atoms with Crippen molar-refractivity contribution in [2.24, 2.45) is 17.3 Å². The van der Waals surface area contributed by atoms with Crippen LogP contribution in [0.25, 0.3) is 0 Å². The molecule has 2 atom stereocenters. The van der Waals surface area contributed by atoms with E-state index in [1.54, 1.807) is 7.11 Å². The molecule has 26 heavy (non-hydrogen) atoms. The fraction of sp³-hybridized carbons (Fsp3) is 0.684. The van der Waals surface area contributed by atoms with Gasteiger partial charge in [0.15, 0.2) is 0 Å². The Bertz CT molecular complexity index is 594. The standard InChI is InChI=1S/C19H27N3O2.2ClH/c1-24-13-19(6-7-19)18(23)21-17-12-22(11-16(17)15-4-5-15)10-14-3-2-8-20-9-14;;/h2-3,8-9,15-17H,4-7,10-13H2,1H3,(H,21,23);2*1H/t16-,17+;;/m1../s1. The first kappa shape index (κ1) is 21.4. The molecule has 1 amide bonds. The normalized spacial score (nSPS) is 26.5. The summed E-state index contributed by atoms with van der Waals surface area (Å²) in [6.45, 7) is 3.51. The average molecular weight is 402 g/mol. The van der Waals surface area contributed by atoms with Gasteiger partial charge >= 0.3 is 0 Å². The van der Waals surface area contributed by atoms with Gasteiger partial charge in [-0.3, -0.25) is 14.7 Å². The minimum Gasteiger partial charge on any atom is -0.384 e. The van der Waals surface area contributed by atoms with Gasteiger partial charge in [0, 0.05) is 45.2 Å². The molecule has 0 aromatic carbocycles. The lowest BCUT2D eigenvalue weighted by Gasteiger charge is -2.23. The molecule has 1 saturated heterocycles. The molecule has 0 spiro atoms. The summed E-state index contributed by atoms with van der Waals surface area (Å²) in [6.07, 6.45) is 8.33. The van der Waals surface area contributed by atoms with Crippen LogP contribution in [0.15, 0.2) is 24.5 Å². The first-order valence-electron chi connectivity index (χ1n) is 9.11. The number of ether oxygens (including phenoxy) is 1.